The number of aromatic hydroxyl groups is 1. The lowest BCUT2D eigenvalue weighted by atomic mass is 10.0. The van der Waals surface area contributed by atoms with Crippen molar-refractivity contribution in [1.82, 2.24) is 15.6 Å². The fourth-order valence-corrected chi connectivity index (χ4v) is 3.78. The van der Waals surface area contributed by atoms with E-state index >= 15 is 0 Å². The minimum absolute atomic E-state index is 0.248. The molecule has 3 heterocycles. The van der Waals surface area contributed by atoms with Crippen LogP contribution in [0.3, 0.4) is 0 Å². The molecule has 0 saturated carbocycles. The van der Waals surface area contributed by atoms with Crippen molar-refractivity contribution in [3.8, 4) is 5.75 Å². The monoisotopic (exact) mass is 342 g/mol. The van der Waals surface area contributed by atoms with Crippen LogP contribution in [-0.2, 0) is 0 Å². The Morgan fingerprint density at radius 3 is 2.92 bits per heavy atom. The fourth-order valence-electron chi connectivity index (χ4n) is 3.78. The third-order valence-corrected chi connectivity index (χ3v) is 5.10. The lowest BCUT2D eigenvalue weighted by Gasteiger charge is -2.36. The van der Waals surface area contributed by atoms with Crippen molar-refractivity contribution in [1.29, 1.82) is 0 Å². The van der Waals surface area contributed by atoms with Gasteiger partial charge in [-0.3, -0.25) is 0 Å². The molecule has 2 fully saturated rings. The second kappa shape index (κ2) is 6.93. The van der Waals surface area contributed by atoms with E-state index < -0.39 is 0 Å². The molecule has 7 nitrogen and oxygen atoms in total. The molecule has 7 heteroatoms. The summed E-state index contributed by atoms with van der Waals surface area (Å²) in [4.78, 5) is 6.77. The highest BCUT2D eigenvalue weighted by atomic mass is 16.3. The van der Waals surface area contributed by atoms with E-state index in [0.717, 1.165) is 56.0 Å². The third kappa shape index (κ3) is 3.43. The Labute approximate surface area is 148 Å². The molecule has 1 unspecified atom stereocenters. The second-order valence-electron chi connectivity index (χ2n) is 6.90. The maximum absolute atomic E-state index is 10.4. The van der Waals surface area contributed by atoms with Crippen LogP contribution in [0.2, 0.25) is 0 Å². The first-order chi connectivity index (χ1) is 12.2. The number of phenols is 1. The predicted octanol–water partition coefficient (Wildman–Crippen LogP) is 0.721. The van der Waals surface area contributed by atoms with Gasteiger partial charge in [-0.25, -0.2) is 10.4 Å². The first kappa shape index (κ1) is 16.2. The van der Waals surface area contributed by atoms with E-state index in [2.05, 4.69) is 25.6 Å². The number of aliphatic imine (C=N–C) groups is 1. The van der Waals surface area contributed by atoms with Gasteiger partial charge in [0.15, 0.2) is 0 Å². The Bertz CT molecular complexity index is 689. The number of piperidine rings is 1. The van der Waals surface area contributed by atoms with Crippen molar-refractivity contribution in [3.05, 3.63) is 35.8 Å². The Morgan fingerprint density at radius 1 is 1.24 bits per heavy atom. The highest BCUT2D eigenvalue weighted by Gasteiger charge is 2.25. The Balaban J connectivity index is 1.59. The van der Waals surface area contributed by atoms with Gasteiger partial charge in [0.25, 0.3) is 0 Å². The maximum Gasteiger partial charge on any atom is 0.139 e. The number of hydrogen-bond donors (Lipinski definition) is 4. The molecule has 1 aromatic rings. The van der Waals surface area contributed by atoms with Crippen LogP contribution in [0.25, 0.3) is 0 Å². The quantitative estimate of drug-likeness (QED) is 0.647. The van der Waals surface area contributed by atoms with Gasteiger partial charge in [-0.2, -0.15) is 0 Å². The molecule has 4 rings (SSSR count). The normalized spacial score (nSPS) is 24.2. The number of nitrogens with one attached hydrogen (secondary N) is 2. The minimum Gasteiger partial charge on any atom is -0.507 e. The van der Waals surface area contributed by atoms with Gasteiger partial charge in [-0.05, 0) is 44.0 Å². The summed E-state index contributed by atoms with van der Waals surface area (Å²) in [7, 11) is 0. The van der Waals surface area contributed by atoms with E-state index in [-0.39, 0.29) is 5.75 Å². The third-order valence-electron chi connectivity index (χ3n) is 5.10. The van der Waals surface area contributed by atoms with E-state index in [9.17, 15) is 5.11 Å². The largest absolute Gasteiger partial charge is 0.507 e. The first-order valence-electron chi connectivity index (χ1n) is 9.06. The Morgan fingerprint density at radius 2 is 2.16 bits per heavy atom. The van der Waals surface area contributed by atoms with Crippen LogP contribution < -0.4 is 21.5 Å². The minimum atomic E-state index is 0.248. The van der Waals surface area contributed by atoms with Crippen LogP contribution in [0, 0.1) is 0 Å². The van der Waals surface area contributed by atoms with Crippen LogP contribution >= 0.6 is 0 Å². The molecule has 0 spiro atoms. The van der Waals surface area contributed by atoms with E-state index in [1.54, 1.807) is 6.07 Å². The van der Waals surface area contributed by atoms with Crippen LogP contribution in [0.1, 0.15) is 24.8 Å². The molecule has 0 radical (unpaired) electrons. The van der Waals surface area contributed by atoms with Crippen molar-refractivity contribution in [2.75, 3.05) is 37.7 Å². The molecule has 2 saturated heterocycles. The summed E-state index contributed by atoms with van der Waals surface area (Å²) in [6.45, 7) is 4.66. The first-order valence-corrected chi connectivity index (χ1v) is 9.06. The predicted molar refractivity (Wildman–Crippen MR) is 99.5 cm³/mol. The van der Waals surface area contributed by atoms with Gasteiger partial charge in [0, 0.05) is 37.4 Å². The van der Waals surface area contributed by atoms with E-state index in [1.807, 2.05) is 18.3 Å². The van der Waals surface area contributed by atoms with Crippen LogP contribution in [0.15, 0.2) is 35.2 Å². The SMILES string of the molecule is NC1=CN(C2CCCNC2)CC(c2cc(N3CCCN3)ccc2O)=N1. The molecule has 134 valence electrons. The summed E-state index contributed by atoms with van der Waals surface area (Å²) in [6.07, 6.45) is 5.37. The Kier molecular flexibility index (Phi) is 4.50. The molecule has 3 aliphatic rings. The second-order valence-corrected chi connectivity index (χ2v) is 6.90. The summed E-state index contributed by atoms with van der Waals surface area (Å²) >= 11 is 0. The number of hydrogen-bond acceptors (Lipinski definition) is 7. The van der Waals surface area contributed by atoms with Crippen molar-refractivity contribution < 1.29 is 5.11 Å². The summed E-state index contributed by atoms with van der Waals surface area (Å²) in [5.41, 5.74) is 12.1. The molecule has 0 amide bonds. The average Bonchev–Trinajstić information content (AvgIpc) is 3.17. The molecule has 0 aromatic heterocycles. The van der Waals surface area contributed by atoms with Crippen LogP contribution in [-0.4, -0.2) is 54.5 Å². The molecule has 3 aliphatic heterocycles. The molecule has 0 bridgehead atoms. The lowest BCUT2D eigenvalue weighted by molar-refractivity contribution is 0.249. The van der Waals surface area contributed by atoms with Gasteiger partial charge in [-0.1, -0.05) is 0 Å². The highest BCUT2D eigenvalue weighted by Crippen LogP contribution is 2.27. The summed E-state index contributed by atoms with van der Waals surface area (Å²) in [5, 5.41) is 16.0. The topological polar surface area (TPSA) is 89.2 Å². The fraction of sp³-hybridized carbons (Fsp3) is 0.500. The lowest BCUT2D eigenvalue weighted by Crippen LogP contribution is -2.46. The molecular formula is C18H26N6O. The Hall–Kier alpha value is -2.25. The van der Waals surface area contributed by atoms with Gasteiger partial charge in [0.2, 0.25) is 0 Å². The van der Waals surface area contributed by atoms with Crippen molar-refractivity contribution in [2.24, 2.45) is 10.7 Å². The van der Waals surface area contributed by atoms with Gasteiger partial charge in [0.1, 0.15) is 11.6 Å². The van der Waals surface area contributed by atoms with Crippen LogP contribution in [0.4, 0.5) is 5.69 Å². The number of nitrogens with two attached hydrogens (primary N) is 1. The van der Waals surface area contributed by atoms with Gasteiger partial charge >= 0.3 is 0 Å². The number of hydrazine groups is 1. The van der Waals surface area contributed by atoms with E-state index in [4.69, 9.17) is 5.73 Å². The zero-order chi connectivity index (χ0) is 17.2. The maximum atomic E-state index is 10.4. The zero-order valence-electron chi connectivity index (χ0n) is 14.4. The van der Waals surface area contributed by atoms with Crippen molar-refractivity contribution >= 4 is 11.4 Å². The van der Waals surface area contributed by atoms with E-state index in [0.29, 0.717) is 18.4 Å². The van der Waals surface area contributed by atoms with Crippen molar-refractivity contribution in [3.63, 3.8) is 0 Å². The molecule has 1 aromatic carbocycles. The molecule has 1 atom stereocenters. The average molecular weight is 342 g/mol. The number of phenolic OH excluding ortho intramolecular Hbond substituents is 1. The van der Waals surface area contributed by atoms with Crippen molar-refractivity contribution in [2.45, 2.75) is 25.3 Å². The number of rotatable bonds is 3. The van der Waals surface area contributed by atoms with Gasteiger partial charge < -0.3 is 26.1 Å². The zero-order valence-corrected chi connectivity index (χ0v) is 14.4. The number of nitrogens with zero attached hydrogens (tertiary/aromatic N) is 3. The number of anilines is 1. The molecular weight excluding hydrogens is 316 g/mol. The molecule has 25 heavy (non-hydrogen) atoms. The van der Waals surface area contributed by atoms with E-state index in [1.165, 1.54) is 6.42 Å². The van der Waals surface area contributed by atoms with Crippen LogP contribution in [0.5, 0.6) is 5.75 Å². The number of benzene rings is 1. The van der Waals surface area contributed by atoms with Gasteiger partial charge in [-0.15, -0.1) is 0 Å². The smallest absolute Gasteiger partial charge is 0.139 e. The van der Waals surface area contributed by atoms with Gasteiger partial charge in [0.05, 0.1) is 17.9 Å². The summed E-state index contributed by atoms with van der Waals surface area (Å²) in [5.74, 6) is 0.744. The standard InChI is InChI=1S/C18H26N6O/c19-18-12-23(14-3-1-6-20-10-14)11-16(22-18)15-9-13(4-5-17(15)25)24-8-2-7-21-24/h4-5,9,12,14,20-21,25H,1-3,6-8,10-11,19H2. The summed E-state index contributed by atoms with van der Waals surface area (Å²) < 4.78 is 0. The summed E-state index contributed by atoms with van der Waals surface area (Å²) in [6, 6.07) is 6.10. The molecule has 5 N–H and O–H groups in total. The highest BCUT2D eigenvalue weighted by molar-refractivity contribution is 6.06. The molecule has 0 aliphatic carbocycles.